The van der Waals surface area contributed by atoms with E-state index in [2.05, 4.69) is 26.1 Å². The molecule has 0 spiro atoms. The van der Waals surface area contributed by atoms with Crippen LogP contribution < -0.4 is 10.1 Å². The second kappa shape index (κ2) is 12.1. The molecule has 1 fully saturated rings. The molecule has 1 heterocycles. The van der Waals surface area contributed by atoms with Crippen LogP contribution in [-0.2, 0) is 9.53 Å². The largest absolute Gasteiger partial charge is 0.490 e. The van der Waals surface area contributed by atoms with Gasteiger partial charge in [-0.15, -0.1) is 0 Å². The lowest BCUT2D eigenvalue weighted by Gasteiger charge is -2.34. The first kappa shape index (κ1) is 25.2. The van der Waals surface area contributed by atoms with Gasteiger partial charge >= 0.3 is 0 Å². The van der Waals surface area contributed by atoms with Crippen LogP contribution >= 0.6 is 27.5 Å². The van der Waals surface area contributed by atoms with Gasteiger partial charge in [0.25, 0.3) is 5.69 Å². The van der Waals surface area contributed by atoms with E-state index in [9.17, 15) is 14.9 Å². The van der Waals surface area contributed by atoms with Crippen molar-refractivity contribution >= 4 is 45.2 Å². The Hall–Kier alpha value is -2.46. The maximum atomic E-state index is 12.3. The van der Waals surface area contributed by atoms with E-state index < -0.39 is 11.2 Å². The van der Waals surface area contributed by atoms with Crippen molar-refractivity contribution in [3.8, 4) is 5.75 Å². The number of nitro benzene ring substituents is 1. The lowest BCUT2D eigenvalue weighted by molar-refractivity contribution is -0.384. The van der Waals surface area contributed by atoms with Crippen molar-refractivity contribution < 1.29 is 19.2 Å². The topological polar surface area (TPSA) is 93.9 Å². The molecule has 10 heteroatoms. The number of ether oxygens (including phenoxy) is 2. The quantitative estimate of drug-likeness (QED) is 0.216. The van der Waals surface area contributed by atoms with Crippen molar-refractivity contribution in [2.75, 3.05) is 26.7 Å². The van der Waals surface area contributed by atoms with Crippen molar-refractivity contribution in [1.82, 2.24) is 10.2 Å². The van der Waals surface area contributed by atoms with Crippen molar-refractivity contribution in [2.24, 2.45) is 0 Å². The van der Waals surface area contributed by atoms with E-state index >= 15 is 0 Å². The van der Waals surface area contributed by atoms with Crippen LogP contribution in [0.2, 0.25) is 5.02 Å². The monoisotopic (exact) mass is 537 g/mol. The fourth-order valence-corrected chi connectivity index (χ4v) is 4.11. The Morgan fingerprint density at radius 1 is 1.33 bits per heavy atom. The van der Waals surface area contributed by atoms with Crippen LogP contribution in [0.3, 0.4) is 0 Å². The lowest BCUT2D eigenvalue weighted by atomic mass is 10.1. The smallest absolute Gasteiger partial charge is 0.291 e. The van der Waals surface area contributed by atoms with Crippen LogP contribution in [-0.4, -0.2) is 54.8 Å². The second-order valence-corrected chi connectivity index (χ2v) is 8.93. The number of likely N-dealkylation sites (tertiary alicyclic amines) is 1. The van der Waals surface area contributed by atoms with Crippen LogP contribution in [0.5, 0.6) is 5.75 Å². The molecule has 1 aliphatic heterocycles. The molecule has 0 radical (unpaired) electrons. The summed E-state index contributed by atoms with van der Waals surface area (Å²) in [5, 5.41) is 14.0. The van der Waals surface area contributed by atoms with Gasteiger partial charge in [-0.3, -0.25) is 19.8 Å². The van der Waals surface area contributed by atoms with Gasteiger partial charge < -0.3 is 14.8 Å². The number of nitro groups is 1. The number of rotatable bonds is 9. The Labute approximate surface area is 205 Å². The van der Waals surface area contributed by atoms with Gasteiger partial charge in [-0.05, 0) is 48.7 Å². The Kier molecular flexibility index (Phi) is 9.25. The lowest BCUT2D eigenvalue weighted by Crippen LogP contribution is -2.48. The minimum atomic E-state index is -0.523. The average Bonchev–Trinajstić information content (AvgIpc) is 2.79. The van der Waals surface area contributed by atoms with Crippen LogP contribution in [0.4, 0.5) is 5.69 Å². The molecule has 176 valence electrons. The van der Waals surface area contributed by atoms with Gasteiger partial charge in [0.15, 0.2) is 0 Å². The Bertz CT molecular complexity index is 1010. The summed E-state index contributed by atoms with van der Waals surface area (Å²) in [6, 6.07) is 12.1. The van der Waals surface area contributed by atoms with E-state index in [1.54, 1.807) is 19.3 Å². The van der Waals surface area contributed by atoms with Gasteiger partial charge in [0.2, 0.25) is 5.91 Å². The molecule has 1 saturated heterocycles. The van der Waals surface area contributed by atoms with E-state index in [0.29, 0.717) is 12.3 Å². The number of halogens is 2. The third-order valence-electron chi connectivity index (χ3n) is 5.24. The zero-order chi connectivity index (χ0) is 23.8. The number of amides is 1. The normalized spacial score (nSPS) is 16.0. The van der Waals surface area contributed by atoms with Gasteiger partial charge in [-0.2, -0.15) is 0 Å². The molecule has 2 aromatic rings. The Morgan fingerprint density at radius 2 is 2.09 bits per heavy atom. The predicted octanol–water partition coefficient (Wildman–Crippen LogP) is 4.66. The summed E-state index contributed by atoms with van der Waals surface area (Å²) < 4.78 is 12.3. The third kappa shape index (κ3) is 7.82. The average molecular weight is 539 g/mol. The molecule has 3 rings (SSSR count). The molecular formula is C23H25BrClN3O5. The molecule has 33 heavy (non-hydrogen) atoms. The minimum Gasteiger partial charge on any atom is -0.490 e. The molecule has 2 aromatic carbocycles. The molecule has 1 N–H and O–H groups in total. The summed E-state index contributed by atoms with van der Waals surface area (Å²) >= 11 is 9.27. The maximum absolute atomic E-state index is 12.3. The Morgan fingerprint density at radius 3 is 2.76 bits per heavy atom. The standard InChI is InChI=1S/C23H25BrClN3O5/c1-32-23(26-22(29)8-5-16-3-2-4-17(24)13-16)15-27-11-9-18(10-12-27)33-19-6-7-20(25)21(14-19)28(30)31/h2-8,13-14,18,23H,9-12,15H2,1H3,(H,26,29)/b8-5+. The van der Waals surface area contributed by atoms with Crippen molar-refractivity contribution in [2.45, 2.75) is 25.2 Å². The Balaban J connectivity index is 1.45. The van der Waals surface area contributed by atoms with E-state index in [1.807, 2.05) is 24.3 Å². The molecular weight excluding hydrogens is 514 g/mol. The molecule has 0 aromatic heterocycles. The summed E-state index contributed by atoms with van der Waals surface area (Å²) in [6.07, 6.45) is 4.25. The highest BCUT2D eigenvalue weighted by Crippen LogP contribution is 2.30. The zero-order valence-electron chi connectivity index (χ0n) is 18.1. The number of nitrogens with one attached hydrogen (secondary N) is 1. The second-order valence-electron chi connectivity index (χ2n) is 7.61. The van der Waals surface area contributed by atoms with Crippen molar-refractivity contribution in [3.05, 3.63) is 73.7 Å². The van der Waals surface area contributed by atoms with E-state index in [4.69, 9.17) is 21.1 Å². The maximum Gasteiger partial charge on any atom is 0.291 e. The molecule has 1 amide bonds. The first-order valence-corrected chi connectivity index (χ1v) is 11.6. The number of piperidine rings is 1. The highest BCUT2D eigenvalue weighted by atomic mass is 79.9. The van der Waals surface area contributed by atoms with Gasteiger partial charge in [-0.25, -0.2) is 0 Å². The highest BCUT2D eigenvalue weighted by Gasteiger charge is 2.24. The summed E-state index contributed by atoms with van der Waals surface area (Å²) in [5.41, 5.74) is 0.751. The van der Waals surface area contributed by atoms with Gasteiger partial charge in [0.1, 0.15) is 23.1 Å². The van der Waals surface area contributed by atoms with Crippen LogP contribution in [0, 0.1) is 10.1 Å². The fourth-order valence-electron chi connectivity index (χ4n) is 3.51. The van der Waals surface area contributed by atoms with Gasteiger partial charge in [0, 0.05) is 37.3 Å². The van der Waals surface area contributed by atoms with E-state index in [1.165, 1.54) is 18.2 Å². The number of carbonyl (C=O) groups is 1. The number of hydrogen-bond acceptors (Lipinski definition) is 6. The van der Waals surface area contributed by atoms with Gasteiger partial charge in [-0.1, -0.05) is 39.7 Å². The molecule has 0 aliphatic carbocycles. The molecule has 0 saturated carbocycles. The number of carbonyl (C=O) groups excluding carboxylic acids is 1. The fraction of sp³-hybridized carbons (Fsp3) is 0.348. The number of hydrogen-bond donors (Lipinski definition) is 1. The predicted molar refractivity (Wildman–Crippen MR) is 130 cm³/mol. The number of benzene rings is 2. The molecule has 1 aliphatic rings. The SMILES string of the molecule is COC(CN1CCC(Oc2ccc(Cl)c([N+](=O)[O-])c2)CC1)NC(=O)/C=C/c1cccc(Br)c1. The molecule has 0 bridgehead atoms. The van der Waals surface area contributed by atoms with E-state index in [0.717, 1.165) is 36.0 Å². The van der Waals surface area contributed by atoms with Crippen LogP contribution in [0.25, 0.3) is 6.08 Å². The van der Waals surface area contributed by atoms with Crippen LogP contribution in [0.15, 0.2) is 53.0 Å². The van der Waals surface area contributed by atoms with Gasteiger partial charge in [0.05, 0.1) is 11.0 Å². The zero-order valence-corrected chi connectivity index (χ0v) is 20.4. The number of methoxy groups -OCH3 is 1. The third-order valence-corrected chi connectivity index (χ3v) is 6.05. The number of nitrogens with zero attached hydrogens (tertiary/aromatic N) is 2. The molecule has 1 unspecified atom stereocenters. The highest BCUT2D eigenvalue weighted by molar-refractivity contribution is 9.10. The molecule has 1 atom stereocenters. The van der Waals surface area contributed by atoms with Crippen molar-refractivity contribution in [1.29, 1.82) is 0 Å². The summed E-state index contributed by atoms with van der Waals surface area (Å²) in [7, 11) is 1.56. The first-order chi connectivity index (χ1) is 15.8. The summed E-state index contributed by atoms with van der Waals surface area (Å²) in [5.74, 6) is 0.202. The minimum absolute atomic E-state index is 0.0502. The van der Waals surface area contributed by atoms with E-state index in [-0.39, 0.29) is 22.7 Å². The summed E-state index contributed by atoms with van der Waals surface area (Å²) in [6.45, 7) is 2.06. The molecule has 8 nitrogen and oxygen atoms in total. The van der Waals surface area contributed by atoms with Crippen LogP contribution in [0.1, 0.15) is 18.4 Å². The first-order valence-electron chi connectivity index (χ1n) is 10.4. The van der Waals surface area contributed by atoms with Crippen molar-refractivity contribution in [3.63, 3.8) is 0 Å². The summed E-state index contributed by atoms with van der Waals surface area (Å²) in [4.78, 5) is 25.0.